The quantitative estimate of drug-likeness (QED) is 0.462. The zero-order chi connectivity index (χ0) is 30.2. The molecule has 0 saturated heterocycles. The van der Waals surface area contributed by atoms with Gasteiger partial charge in [0.15, 0.2) is 0 Å². The fourth-order valence-corrected chi connectivity index (χ4v) is 8.99. The van der Waals surface area contributed by atoms with Gasteiger partial charge in [0.05, 0.1) is 25.0 Å². The minimum atomic E-state index is -3.98. The molecule has 0 unspecified atom stereocenters. The average Bonchev–Trinajstić information content (AvgIpc) is 3.12. The van der Waals surface area contributed by atoms with Gasteiger partial charge in [-0.25, -0.2) is 13.1 Å². The summed E-state index contributed by atoms with van der Waals surface area (Å²) in [5.41, 5.74) is 3.41. The molecule has 2 heterocycles. The number of amides is 1. The average molecular weight is 629 g/mol. The third kappa shape index (κ3) is 6.06. The van der Waals surface area contributed by atoms with Crippen LogP contribution in [0, 0.1) is 11.8 Å². The van der Waals surface area contributed by atoms with E-state index < -0.39 is 21.2 Å². The van der Waals surface area contributed by atoms with Crippen molar-refractivity contribution < 1.29 is 27.4 Å². The van der Waals surface area contributed by atoms with Crippen LogP contribution in [0.25, 0.3) is 0 Å². The summed E-state index contributed by atoms with van der Waals surface area (Å²) < 4.78 is 46.7. The molecule has 1 saturated carbocycles. The second-order valence-electron chi connectivity index (χ2n) is 12.5. The SMILES string of the molecule is COC[C@@H]1CC/C=C\[C@H](OC)[C@@H]2CC[C@H]2CN2C[C@@]3(CCCc4cc(Cl)ccc43)COc3ccc(cc32)C(=O)NS1(=O)=O. The number of methoxy groups -OCH3 is 2. The largest absolute Gasteiger partial charge is 0.490 e. The van der Waals surface area contributed by atoms with E-state index in [1.54, 1.807) is 19.2 Å². The first-order valence-electron chi connectivity index (χ1n) is 15.3. The topological polar surface area (TPSA) is 94.2 Å². The number of rotatable bonds is 3. The number of aryl methyl sites for hydroxylation is 1. The lowest BCUT2D eigenvalue weighted by atomic mass is 9.68. The molecular weight excluding hydrogens is 588 g/mol. The predicted molar refractivity (Wildman–Crippen MR) is 168 cm³/mol. The first-order chi connectivity index (χ1) is 20.7. The van der Waals surface area contributed by atoms with Gasteiger partial charge >= 0.3 is 0 Å². The monoisotopic (exact) mass is 628 g/mol. The van der Waals surface area contributed by atoms with Crippen molar-refractivity contribution in [3.05, 3.63) is 70.3 Å². The molecule has 1 fully saturated rings. The highest BCUT2D eigenvalue weighted by Crippen LogP contribution is 2.47. The maximum absolute atomic E-state index is 13.4. The van der Waals surface area contributed by atoms with Crippen LogP contribution < -0.4 is 14.4 Å². The second kappa shape index (κ2) is 12.4. The Balaban J connectivity index is 1.42. The highest BCUT2D eigenvalue weighted by molar-refractivity contribution is 7.90. The molecule has 10 heteroatoms. The van der Waals surface area contributed by atoms with Crippen molar-refractivity contribution in [2.45, 2.75) is 61.7 Å². The Kier molecular flexibility index (Phi) is 8.79. The van der Waals surface area contributed by atoms with Crippen molar-refractivity contribution in [1.82, 2.24) is 4.72 Å². The zero-order valence-corrected chi connectivity index (χ0v) is 26.5. The summed E-state index contributed by atoms with van der Waals surface area (Å²) in [6, 6.07) is 11.5. The summed E-state index contributed by atoms with van der Waals surface area (Å²) >= 11 is 6.41. The Bertz CT molecular complexity index is 1500. The number of sulfonamides is 1. The lowest BCUT2D eigenvalue weighted by Crippen LogP contribution is -2.49. The molecule has 5 atom stereocenters. The van der Waals surface area contributed by atoms with Gasteiger partial charge in [0.25, 0.3) is 5.91 Å². The van der Waals surface area contributed by atoms with Crippen molar-refractivity contribution in [2.24, 2.45) is 11.8 Å². The lowest BCUT2D eigenvalue weighted by molar-refractivity contribution is 0.0131. The van der Waals surface area contributed by atoms with Gasteiger partial charge in [0.2, 0.25) is 10.0 Å². The molecule has 2 aliphatic carbocycles. The first-order valence-corrected chi connectivity index (χ1v) is 17.2. The number of hydrogen-bond donors (Lipinski definition) is 1. The molecule has 4 aliphatic rings. The number of fused-ring (bicyclic) bond motifs is 4. The Hall–Kier alpha value is -2.59. The van der Waals surface area contributed by atoms with E-state index in [4.69, 9.17) is 25.8 Å². The van der Waals surface area contributed by atoms with Gasteiger partial charge in [-0.05, 0) is 98.2 Å². The van der Waals surface area contributed by atoms with E-state index in [-0.39, 0.29) is 23.7 Å². The molecule has 2 aromatic carbocycles. The van der Waals surface area contributed by atoms with E-state index in [0.717, 1.165) is 55.9 Å². The molecule has 1 spiro atoms. The van der Waals surface area contributed by atoms with E-state index in [9.17, 15) is 13.2 Å². The van der Waals surface area contributed by atoms with Crippen LogP contribution in [-0.4, -0.2) is 66.2 Å². The lowest BCUT2D eigenvalue weighted by Gasteiger charge is -2.46. The molecule has 1 amide bonds. The minimum Gasteiger partial charge on any atom is -0.490 e. The molecule has 43 heavy (non-hydrogen) atoms. The van der Waals surface area contributed by atoms with Crippen molar-refractivity contribution in [2.75, 3.05) is 45.4 Å². The predicted octanol–water partition coefficient (Wildman–Crippen LogP) is 5.28. The fourth-order valence-electron chi connectivity index (χ4n) is 7.49. The summed E-state index contributed by atoms with van der Waals surface area (Å²) in [4.78, 5) is 15.8. The molecular formula is C33H41ClN2O6S. The number of hydrogen-bond acceptors (Lipinski definition) is 7. The Labute approximate surface area is 259 Å². The molecule has 2 aromatic rings. The molecule has 2 aliphatic heterocycles. The van der Waals surface area contributed by atoms with Crippen molar-refractivity contribution in [3.8, 4) is 5.75 Å². The van der Waals surface area contributed by atoms with Gasteiger partial charge in [-0.15, -0.1) is 0 Å². The number of nitrogens with zero attached hydrogens (tertiary/aromatic N) is 1. The van der Waals surface area contributed by atoms with Gasteiger partial charge in [-0.1, -0.05) is 29.8 Å². The highest BCUT2D eigenvalue weighted by Gasteiger charge is 2.44. The highest BCUT2D eigenvalue weighted by atomic mass is 35.5. The van der Waals surface area contributed by atoms with Crippen LogP contribution in [0.15, 0.2) is 48.6 Å². The van der Waals surface area contributed by atoms with E-state index in [2.05, 4.69) is 27.8 Å². The number of nitrogens with one attached hydrogen (secondary N) is 1. The van der Waals surface area contributed by atoms with Gasteiger partial charge in [0.1, 0.15) is 11.0 Å². The minimum absolute atomic E-state index is 0.00453. The number of carbonyl (C=O) groups is 1. The standard InChI is InChI=1S/C33H41ClN2O6S/c1-40-19-26-7-3-4-8-30(41-2)27-12-9-24(27)18-36-20-33(15-5-6-22-16-25(34)11-13-28(22)33)21-42-31-14-10-23(17-29(31)36)32(37)35-43(26,38)39/h4,8,10-11,13-14,16-17,24,26-27,30H,3,5-7,9,12,15,18-21H2,1-2H3,(H,35,37)/b8-4-/t24-,26-,27+,30-,33-/m0/s1. The van der Waals surface area contributed by atoms with Crippen LogP contribution in [0.3, 0.4) is 0 Å². The van der Waals surface area contributed by atoms with E-state index in [1.165, 1.54) is 18.2 Å². The smallest absolute Gasteiger partial charge is 0.264 e. The molecule has 8 nitrogen and oxygen atoms in total. The normalized spacial score (nSPS) is 31.0. The van der Waals surface area contributed by atoms with Crippen LogP contribution in [-0.2, 0) is 31.3 Å². The van der Waals surface area contributed by atoms with E-state index in [1.807, 2.05) is 18.2 Å². The summed E-state index contributed by atoms with van der Waals surface area (Å²) in [5.74, 6) is 0.803. The summed E-state index contributed by atoms with van der Waals surface area (Å²) in [6.45, 7) is 2.03. The Morgan fingerprint density at radius 1 is 1.14 bits per heavy atom. The second-order valence-corrected chi connectivity index (χ2v) is 14.9. The van der Waals surface area contributed by atoms with Crippen molar-refractivity contribution in [3.63, 3.8) is 0 Å². The van der Waals surface area contributed by atoms with Crippen LogP contribution >= 0.6 is 11.6 Å². The number of halogens is 1. The van der Waals surface area contributed by atoms with Crippen LogP contribution in [0.5, 0.6) is 5.75 Å². The Morgan fingerprint density at radius 2 is 2.00 bits per heavy atom. The van der Waals surface area contributed by atoms with Crippen molar-refractivity contribution >= 4 is 33.2 Å². The third-order valence-corrected chi connectivity index (χ3v) is 11.9. The third-order valence-electron chi connectivity index (χ3n) is 9.93. The van der Waals surface area contributed by atoms with Gasteiger partial charge in [-0.2, -0.15) is 0 Å². The van der Waals surface area contributed by atoms with Crippen LogP contribution in [0.2, 0.25) is 5.02 Å². The van der Waals surface area contributed by atoms with Crippen LogP contribution in [0.4, 0.5) is 5.69 Å². The maximum Gasteiger partial charge on any atom is 0.264 e. The molecule has 1 N–H and O–H groups in total. The van der Waals surface area contributed by atoms with Gasteiger partial charge < -0.3 is 19.1 Å². The molecule has 0 radical (unpaired) electrons. The number of anilines is 1. The number of allylic oxidation sites excluding steroid dienone is 1. The van der Waals surface area contributed by atoms with E-state index >= 15 is 0 Å². The maximum atomic E-state index is 13.4. The summed E-state index contributed by atoms with van der Waals surface area (Å²) in [5, 5.41) is -0.121. The zero-order valence-electron chi connectivity index (χ0n) is 24.9. The number of carbonyl (C=O) groups excluding carboxylic acids is 1. The summed E-state index contributed by atoms with van der Waals surface area (Å²) in [6.07, 6.45) is 10.1. The van der Waals surface area contributed by atoms with Crippen LogP contribution in [0.1, 0.15) is 60.0 Å². The summed E-state index contributed by atoms with van der Waals surface area (Å²) in [7, 11) is -0.769. The van der Waals surface area contributed by atoms with Crippen molar-refractivity contribution in [1.29, 1.82) is 0 Å². The molecule has 6 rings (SSSR count). The number of ether oxygens (including phenoxy) is 3. The van der Waals surface area contributed by atoms with E-state index in [0.29, 0.717) is 37.0 Å². The molecule has 0 aromatic heterocycles. The van der Waals surface area contributed by atoms with Gasteiger partial charge in [-0.3, -0.25) is 4.79 Å². The molecule has 232 valence electrons. The molecule has 2 bridgehead atoms. The first kappa shape index (κ1) is 30.4. The van der Waals surface area contributed by atoms with Gasteiger partial charge in [0, 0.05) is 43.3 Å². The number of benzene rings is 2. The Morgan fingerprint density at radius 3 is 2.77 bits per heavy atom. The fraction of sp³-hybridized carbons (Fsp3) is 0.545.